The van der Waals surface area contributed by atoms with E-state index in [1.165, 1.54) is 23.5 Å². The van der Waals surface area contributed by atoms with Gasteiger partial charge >= 0.3 is 23.1 Å². The molecule has 8 rings (SSSR count). The SMILES string of the molecule is CSc1ncc(C)c(Cl)n1.O=S=O.O=S=O.[C-]#[N+]c1ccc2c(-c3nc(SC)ncc3C)cn(-c3ccccc3)c2n1.[C-]#[N+]c1ccc2c(C)cn(-c3ccccc3)c2n1. The molecule has 19 heteroatoms. The number of nitrogens with zero attached hydrogens (tertiary/aromatic N) is 10. The first-order valence-corrected chi connectivity index (χ1v) is 21.3. The summed E-state index contributed by atoms with van der Waals surface area (Å²) in [6, 6.07) is 27.5. The van der Waals surface area contributed by atoms with Crippen molar-refractivity contribution < 1.29 is 16.8 Å². The Hall–Kier alpha value is -6.41. The number of aromatic nitrogens is 8. The fourth-order valence-electron chi connectivity index (χ4n) is 5.53. The highest BCUT2D eigenvalue weighted by Crippen LogP contribution is 2.34. The maximum atomic E-state index is 8.29. The molecule has 6 aromatic heterocycles. The minimum Gasteiger partial charge on any atom is -0.361 e. The normalized spacial score (nSPS) is 9.87. The molecule has 6 heterocycles. The van der Waals surface area contributed by atoms with Crippen molar-refractivity contribution in [2.45, 2.75) is 31.1 Å². The van der Waals surface area contributed by atoms with E-state index in [0.717, 1.165) is 71.7 Å². The van der Waals surface area contributed by atoms with E-state index in [0.29, 0.717) is 16.8 Å². The zero-order chi connectivity index (χ0) is 43.6. The number of aryl methyl sites for hydroxylation is 3. The molecular weight excluding hydrogens is 860 g/mol. The van der Waals surface area contributed by atoms with Gasteiger partial charge < -0.3 is 9.69 Å². The molecule has 14 nitrogen and oxygen atoms in total. The Bertz CT molecular complexity index is 2880. The summed E-state index contributed by atoms with van der Waals surface area (Å²) in [5, 5.41) is 4.05. The Labute approximate surface area is 366 Å². The van der Waals surface area contributed by atoms with Crippen LogP contribution >= 0.6 is 35.1 Å². The second-order valence-corrected chi connectivity index (χ2v) is 14.1. The molecule has 60 heavy (non-hydrogen) atoms. The quantitative estimate of drug-likeness (QED) is 0.0696. The highest BCUT2D eigenvalue weighted by atomic mass is 35.5. The van der Waals surface area contributed by atoms with Crippen LogP contribution in [0.5, 0.6) is 0 Å². The lowest BCUT2D eigenvalue weighted by Crippen LogP contribution is -1.93. The summed E-state index contributed by atoms with van der Waals surface area (Å²) in [4.78, 5) is 32.9. The minimum atomic E-state index is -0.750. The van der Waals surface area contributed by atoms with E-state index in [2.05, 4.69) is 47.7 Å². The lowest BCUT2D eigenvalue weighted by atomic mass is 10.1. The van der Waals surface area contributed by atoms with Gasteiger partial charge in [-0.25, -0.2) is 19.9 Å². The second kappa shape index (κ2) is 23.2. The van der Waals surface area contributed by atoms with Crippen LogP contribution in [0.25, 0.3) is 54.4 Å². The monoisotopic (exact) mass is 892 g/mol. The van der Waals surface area contributed by atoms with Gasteiger partial charge in [0.1, 0.15) is 5.15 Å². The van der Waals surface area contributed by atoms with Gasteiger partial charge in [0, 0.05) is 52.7 Å². The Morgan fingerprint density at radius 1 is 0.567 bits per heavy atom. The molecule has 0 aliphatic rings. The minimum absolute atomic E-state index is 0.378. The maximum absolute atomic E-state index is 8.29. The third-order valence-electron chi connectivity index (χ3n) is 8.23. The zero-order valence-corrected chi connectivity index (χ0v) is 36.5. The Kier molecular flexibility index (Phi) is 17.9. The number of hydrogen-bond donors (Lipinski definition) is 0. The average Bonchev–Trinajstić information content (AvgIpc) is 3.83. The van der Waals surface area contributed by atoms with Crippen molar-refractivity contribution in [3.8, 4) is 22.6 Å². The van der Waals surface area contributed by atoms with E-state index >= 15 is 0 Å². The van der Waals surface area contributed by atoms with E-state index in [1.54, 1.807) is 18.3 Å². The number of benzene rings is 2. The summed E-state index contributed by atoms with van der Waals surface area (Å²) >= 11 is 7.23. The van der Waals surface area contributed by atoms with Crippen molar-refractivity contribution in [2.24, 2.45) is 0 Å². The van der Waals surface area contributed by atoms with Gasteiger partial charge in [-0.2, -0.15) is 16.8 Å². The van der Waals surface area contributed by atoms with Crippen LogP contribution in [0.3, 0.4) is 0 Å². The fraction of sp³-hybridized carbons (Fsp3) is 0.122. The van der Waals surface area contributed by atoms with Gasteiger partial charge in [0.25, 0.3) is 11.6 Å². The summed E-state index contributed by atoms with van der Waals surface area (Å²) < 4.78 is 37.2. The molecule has 0 atom stereocenters. The van der Waals surface area contributed by atoms with Crippen LogP contribution in [0.4, 0.5) is 11.6 Å². The molecule has 0 amide bonds. The third-order valence-corrected chi connectivity index (χ3v) is 9.74. The number of halogens is 1. The molecule has 0 aliphatic carbocycles. The number of pyridine rings is 2. The number of hydrogen-bond acceptors (Lipinski definition) is 12. The van der Waals surface area contributed by atoms with Crippen molar-refractivity contribution in [1.82, 2.24) is 39.0 Å². The molecule has 8 aromatic rings. The summed E-state index contributed by atoms with van der Waals surface area (Å²) in [6.45, 7) is 20.3. The summed E-state index contributed by atoms with van der Waals surface area (Å²) in [5.41, 5.74) is 8.61. The molecular formula is C41H33ClN10O4S4. The molecule has 0 saturated heterocycles. The molecule has 0 radical (unpaired) electrons. The van der Waals surface area contributed by atoms with Crippen LogP contribution in [0.1, 0.15) is 16.7 Å². The van der Waals surface area contributed by atoms with Crippen molar-refractivity contribution in [3.05, 3.63) is 154 Å². The predicted molar refractivity (Wildman–Crippen MR) is 238 cm³/mol. The number of para-hydroxylation sites is 2. The van der Waals surface area contributed by atoms with Crippen LogP contribution in [-0.2, 0) is 23.1 Å². The van der Waals surface area contributed by atoms with Crippen molar-refractivity contribution in [1.29, 1.82) is 0 Å². The standard InChI is InChI=1S/C20H15N5S.C15H11N3.C6H7ClN2S.2O2S/c1-13-11-22-20(26-3)24-18(13)16-12-25(14-7-5-4-6-8-14)19-15(16)9-10-17(21-2)23-19;1-11-10-18(12-6-4-3-5-7-12)15-13(11)8-9-14(16-2)17-15;1-4-3-8-6(10-2)9-5(4)7;2*1-3-2/h4-12H,1,3H3;3-10H,1H3;3H,1-2H3;;. The van der Waals surface area contributed by atoms with Crippen LogP contribution in [0, 0.1) is 33.9 Å². The highest BCUT2D eigenvalue weighted by Gasteiger charge is 2.19. The topological polar surface area (TPSA) is 164 Å². The van der Waals surface area contributed by atoms with Gasteiger partial charge in [0.05, 0.1) is 11.1 Å². The highest BCUT2D eigenvalue weighted by molar-refractivity contribution is 7.98. The van der Waals surface area contributed by atoms with Crippen molar-refractivity contribution >= 4 is 92.0 Å². The summed E-state index contributed by atoms with van der Waals surface area (Å²) in [5.74, 6) is 0.807. The zero-order valence-electron chi connectivity index (χ0n) is 32.5. The molecule has 0 saturated carbocycles. The molecule has 302 valence electrons. The molecule has 0 fully saturated rings. The summed E-state index contributed by atoms with van der Waals surface area (Å²) in [7, 11) is 0. The number of thioether (sulfide) groups is 2. The smallest absolute Gasteiger partial charge is 0.335 e. The van der Waals surface area contributed by atoms with Gasteiger partial charge in [0.2, 0.25) is 11.3 Å². The van der Waals surface area contributed by atoms with Crippen molar-refractivity contribution in [3.63, 3.8) is 0 Å². The van der Waals surface area contributed by atoms with E-state index < -0.39 is 23.1 Å². The number of fused-ring (bicyclic) bond motifs is 2. The van der Waals surface area contributed by atoms with E-state index in [-0.39, 0.29) is 0 Å². The number of rotatable bonds is 5. The molecule has 0 aliphatic heterocycles. The van der Waals surface area contributed by atoms with E-state index in [1.807, 2.05) is 121 Å². The molecule has 0 unspecified atom stereocenters. The Balaban J connectivity index is 0.000000202. The van der Waals surface area contributed by atoms with Crippen LogP contribution < -0.4 is 0 Å². The van der Waals surface area contributed by atoms with Gasteiger partial charge in [-0.3, -0.25) is 9.13 Å². The lowest BCUT2D eigenvalue weighted by molar-refractivity contribution is 0.628. The van der Waals surface area contributed by atoms with Crippen LogP contribution in [0.15, 0.2) is 120 Å². The van der Waals surface area contributed by atoms with Crippen LogP contribution in [0.2, 0.25) is 5.15 Å². The maximum Gasteiger partial charge on any atom is 0.335 e. The fourth-order valence-corrected chi connectivity index (χ4v) is 6.39. The summed E-state index contributed by atoms with van der Waals surface area (Å²) in [6.07, 6.45) is 11.6. The first-order chi connectivity index (χ1) is 29.1. The largest absolute Gasteiger partial charge is 0.361 e. The predicted octanol–water partition coefficient (Wildman–Crippen LogP) is 9.77. The Morgan fingerprint density at radius 3 is 1.50 bits per heavy atom. The lowest BCUT2D eigenvalue weighted by Gasteiger charge is -2.04. The Morgan fingerprint density at radius 2 is 1.02 bits per heavy atom. The van der Waals surface area contributed by atoms with E-state index in [4.69, 9.17) is 46.6 Å². The van der Waals surface area contributed by atoms with Gasteiger partial charge in [0.15, 0.2) is 10.3 Å². The second-order valence-electron chi connectivity index (χ2n) is 11.9. The molecule has 2 aromatic carbocycles. The molecule has 0 N–H and O–H groups in total. The molecule has 0 spiro atoms. The first kappa shape index (κ1) is 46.3. The first-order valence-electron chi connectivity index (χ1n) is 17.2. The van der Waals surface area contributed by atoms with Gasteiger partial charge in [-0.1, -0.05) is 96.8 Å². The van der Waals surface area contributed by atoms with E-state index in [9.17, 15) is 0 Å². The average molecular weight is 894 g/mol. The van der Waals surface area contributed by atoms with Crippen molar-refractivity contribution in [2.75, 3.05) is 12.5 Å². The molecule has 0 bridgehead atoms. The van der Waals surface area contributed by atoms with Gasteiger partial charge in [-0.15, -0.1) is 9.97 Å². The third kappa shape index (κ3) is 11.8. The van der Waals surface area contributed by atoms with Gasteiger partial charge in [-0.05, 0) is 80.8 Å². The van der Waals surface area contributed by atoms with Crippen LogP contribution in [-0.4, -0.2) is 68.4 Å².